The monoisotopic (exact) mass is 392 g/mol. The Morgan fingerprint density at radius 1 is 1.33 bits per heavy atom. The number of aromatic nitrogens is 2. The molecule has 1 aromatic carbocycles. The molecule has 0 atom stereocenters. The fourth-order valence-corrected chi connectivity index (χ4v) is 4.91. The third kappa shape index (κ3) is 4.46. The highest BCUT2D eigenvalue weighted by molar-refractivity contribution is 7.99. The van der Waals surface area contributed by atoms with Gasteiger partial charge in [-0.05, 0) is 37.5 Å². The Kier molecular flexibility index (Phi) is 5.68. The minimum absolute atomic E-state index is 0.000525. The number of hydrogen-bond acceptors (Lipinski definition) is 5. The SMILES string of the molecule is CC1CC(COc2cc(F)c3c(=O)[nH]c(CSC4CCOCC4)nc3c2)C1. The Bertz CT molecular complexity index is 860. The van der Waals surface area contributed by atoms with Crippen LogP contribution in [0, 0.1) is 17.7 Å². The second-order valence-corrected chi connectivity index (χ2v) is 8.98. The van der Waals surface area contributed by atoms with Crippen LogP contribution in [0.1, 0.15) is 38.4 Å². The molecular formula is C20H25FN2O3S. The fraction of sp³-hybridized carbons (Fsp3) is 0.600. The van der Waals surface area contributed by atoms with Gasteiger partial charge in [0.25, 0.3) is 5.56 Å². The van der Waals surface area contributed by atoms with Crippen LogP contribution >= 0.6 is 11.8 Å². The lowest BCUT2D eigenvalue weighted by Crippen LogP contribution is -2.26. The molecule has 2 aromatic rings. The highest BCUT2D eigenvalue weighted by Crippen LogP contribution is 2.33. The van der Waals surface area contributed by atoms with Gasteiger partial charge in [-0.2, -0.15) is 11.8 Å². The number of halogens is 1. The summed E-state index contributed by atoms with van der Waals surface area (Å²) in [5.41, 5.74) is -0.0715. The van der Waals surface area contributed by atoms with E-state index in [0.717, 1.165) is 44.8 Å². The molecule has 4 rings (SSSR count). The first kappa shape index (κ1) is 18.7. The highest BCUT2D eigenvalue weighted by atomic mass is 32.2. The van der Waals surface area contributed by atoms with Crippen molar-refractivity contribution in [3.05, 3.63) is 34.1 Å². The second-order valence-electron chi connectivity index (χ2n) is 7.69. The summed E-state index contributed by atoms with van der Waals surface area (Å²) in [6.45, 7) is 4.38. The smallest absolute Gasteiger partial charge is 0.261 e. The number of nitrogens with one attached hydrogen (secondary N) is 1. The van der Waals surface area contributed by atoms with Crippen molar-refractivity contribution in [2.24, 2.45) is 11.8 Å². The van der Waals surface area contributed by atoms with E-state index in [1.165, 1.54) is 6.07 Å². The van der Waals surface area contributed by atoms with Crippen LogP contribution < -0.4 is 10.3 Å². The average molecular weight is 392 g/mol. The highest BCUT2D eigenvalue weighted by Gasteiger charge is 2.26. The van der Waals surface area contributed by atoms with E-state index in [1.54, 1.807) is 17.8 Å². The molecular weight excluding hydrogens is 367 g/mol. The molecule has 1 saturated carbocycles. The van der Waals surface area contributed by atoms with Gasteiger partial charge in [0.1, 0.15) is 22.8 Å². The van der Waals surface area contributed by atoms with E-state index in [1.807, 2.05) is 0 Å². The van der Waals surface area contributed by atoms with Crippen molar-refractivity contribution in [2.45, 2.75) is 43.6 Å². The molecule has 146 valence electrons. The molecule has 27 heavy (non-hydrogen) atoms. The van der Waals surface area contributed by atoms with E-state index >= 15 is 0 Å². The molecule has 2 aliphatic rings. The van der Waals surface area contributed by atoms with Gasteiger partial charge in [-0.3, -0.25) is 4.79 Å². The molecule has 0 radical (unpaired) electrons. The first-order valence-corrected chi connectivity index (χ1v) is 10.7. The maximum absolute atomic E-state index is 14.4. The van der Waals surface area contributed by atoms with Gasteiger partial charge < -0.3 is 14.5 Å². The molecule has 0 spiro atoms. The molecule has 5 nitrogen and oxygen atoms in total. The number of aromatic amines is 1. The third-order valence-corrected chi connectivity index (χ3v) is 6.75. The third-order valence-electron chi connectivity index (χ3n) is 5.36. The minimum Gasteiger partial charge on any atom is -0.493 e. The minimum atomic E-state index is -0.582. The largest absolute Gasteiger partial charge is 0.493 e. The van der Waals surface area contributed by atoms with Gasteiger partial charge in [-0.25, -0.2) is 9.37 Å². The van der Waals surface area contributed by atoms with E-state index in [-0.39, 0.29) is 5.39 Å². The van der Waals surface area contributed by atoms with Crippen LogP contribution in [0.4, 0.5) is 4.39 Å². The van der Waals surface area contributed by atoms with Crippen LogP contribution in [0.5, 0.6) is 5.75 Å². The summed E-state index contributed by atoms with van der Waals surface area (Å²) >= 11 is 1.76. The lowest BCUT2D eigenvalue weighted by atomic mass is 9.77. The van der Waals surface area contributed by atoms with Crippen molar-refractivity contribution < 1.29 is 13.9 Å². The zero-order valence-corrected chi connectivity index (χ0v) is 16.3. The zero-order valence-electron chi connectivity index (χ0n) is 15.5. The van der Waals surface area contributed by atoms with Crippen LogP contribution in [-0.4, -0.2) is 35.0 Å². The molecule has 1 saturated heterocycles. The van der Waals surface area contributed by atoms with Gasteiger partial charge >= 0.3 is 0 Å². The quantitative estimate of drug-likeness (QED) is 0.808. The standard InChI is InChI=1S/C20H25FN2O3S/c1-12-6-13(7-12)10-26-14-8-16(21)19-17(9-14)22-18(23-20(19)24)11-27-15-2-4-25-5-3-15/h8-9,12-13,15H,2-7,10-11H2,1H3,(H,22,23,24). The number of thioether (sulfide) groups is 1. The number of fused-ring (bicyclic) bond motifs is 1. The number of H-pyrrole nitrogens is 1. The van der Waals surface area contributed by atoms with Crippen molar-refractivity contribution in [1.29, 1.82) is 0 Å². The molecule has 7 heteroatoms. The predicted octanol–water partition coefficient (Wildman–Crippen LogP) is 3.90. The van der Waals surface area contributed by atoms with Crippen LogP contribution in [0.25, 0.3) is 10.9 Å². The van der Waals surface area contributed by atoms with Crippen LogP contribution in [0.2, 0.25) is 0 Å². The summed E-state index contributed by atoms with van der Waals surface area (Å²) in [6.07, 6.45) is 4.33. The maximum Gasteiger partial charge on any atom is 0.261 e. The van der Waals surface area contributed by atoms with E-state index in [9.17, 15) is 9.18 Å². The van der Waals surface area contributed by atoms with Gasteiger partial charge in [0.05, 0.1) is 17.9 Å². The normalized spacial score (nSPS) is 23.3. The molecule has 0 amide bonds. The zero-order chi connectivity index (χ0) is 18.8. The Labute approximate surface area is 162 Å². The van der Waals surface area contributed by atoms with Gasteiger partial charge in [0, 0.05) is 30.6 Å². The summed E-state index contributed by atoms with van der Waals surface area (Å²) in [5.74, 6) is 2.33. The molecule has 0 unspecified atom stereocenters. The summed E-state index contributed by atoms with van der Waals surface area (Å²) < 4.78 is 25.6. The number of nitrogens with zero attached hydrogens (tertiary/aromatic N) is 1. The fourth-order valence-electron chi connectivity index (χ4n) is 3.86. The molecule has 2 heterocycles. The number of rotatable bonds is 6. The lowest BCUT2D eigenvalue weighted by Gasteiger charge is -2.32. The Morgan fingerprint density at radius 2 is 2.11 bits per heavy atom. The van der Waals surface area contributed by atoms with Crippen molar-refractivity contribution in [3.8, 4) is 5.75 Å². The predicted molar refractivity (Wildman–Crippen MR) is 105 cm³/mol. The first-order chi connectivity index (χ1) is 13.1. The summed E-state index contributed by atoms with van der Waals surface area (Å²) in [4.78, 5) is 19.5. The van der Waals surface area contributed by atoms with Crippen LogP contribution in [0.3, 0.4) is 0 Å². The van der Waals surface area contributed by atoms with Crippen LogP contribution in [0.15, 0.2) is 16.9 Å². The van der Waals surface area contributed by atoms with Gasteiger partial charge in [-0.1, -0.05) is 6.92 Å². The Morgan fingerprint density at radius 3 is 2.85 bits per heavy atom. The van der Waals surface area contributed by atoms with Gasteiger partial charge in [0.2, 0.25) is 0 Å². The summed E-state index contributed by atoms with van der Waals surface area (Å²) in [5, 5.41) is 0.510. The first-order valence-electron chi connectivity index (χ1n) is 9.63. The van der Waals surface area contributed by atoms with E-state index < -0.39 is 11.4 Å². The van der Waals surface area contributed by atoms with Crippen molar-refractivity contribution >= 4 is 22.7 Å². The number of hydrogen-bond donors (Lipinski definition) is 1. The van der Waals surface area contributed by atoms with E-state index in [2.05, 4.69) is 16.9 Å². The molecule has 0 bridgehead atoms. The van der Waals surface area contributed by atoms with E-state index in [4.69, 9.17) is 9.47 Å². The molecule has 1 aliphatic heterocycles. The lowest BCUT2D eigenvalue weighted by molar-refractivity contribution is 0.1000. The van der Waals surface area contributed by atoms with Crippen molar-refractivity contribution in [1.82, 2.24) is 9.97 Å². The molecule has 1 aromatic heterocycles. The van der Waals surface area contributed by atoms with Crippen LogP contribution in [-0.2, 0) is 10.5 Å². The number of ether oxygens (including phenoxy) is 2. The molecule has 2 fully saturated rings. The molecule has 1 N–H and O–H groups in total. The Balaban J connectivity index is 1.49. The number of benzene rings is 1. The van der Waals surface area contributed by atoms with Gasteiger partial charge in [0.15, 0.2) is 0 Å². The molecule has 1 aliphatic carbocycles. The topological polar surface area (TPSA) is 64.2 Å². The van der Waals surface area contributed by atoms with Crippen molar-refractivity contribution in [3.63, 3.8) is 0 Å². The van der Waals surface area contributed by atoms with Crippen molar-refractivity contribution in [2.75, 3.05) is 19.8 Å². The maximum atomic E-state index is 14.4. The van der Waals surface area contributed by atoms with E-state index in [0.29, 0.717) is 40.6 Å². The van der Waals surface area contributed by atoms with Gasteiger partial charge in [-0.15, -0.1) is 0 Å². The summed E-state index contributed by atoms with van der Waals surface area (Å²) in [7, 11) is 0. The second kappa shape index (κ2) is 8.19. The average Bonchev–Trinajstić information content (AvgIpc) is 2.63. The Hall–Kier alpha value is -1.60. The summed E-state index contributed by atoms with van der Waals surface area (Å²) in [6, 6.07) is 2.97.